The maximum atomic E-state index is 12.9. The third-order valence-electron chi connectivity index (χ3n) is 5.69. The molecule has 2 N–H and O–H groups in total. The van der Waals surface area contributed by atoms with Gasteiger partial charge in [-0.2, -0.15) is 0 Å². The molecule has 1 aliphatic rings. The van der Waals surface area contributed by atoms with Gasteiger partial charge in [0.1, 0.15) is 5.69 Å². The average molecular weight is 415 g/mol. The van der Waals surface area contributed by atoms with Crippen molar-refractivity contribution >= 4 is 27.7 Å². The van der Waals surface area contributed by atoms with E-state index in [2.05, 4.69) is 23.3 Å². The van der Waals surface area contributed by atoms with Crippen molar-refractivity contribution in [1.82, 2.24) is 15.3 Å². The Morgan fingerprint density at radius 1 is 1.03 bits per heavy atom. The number of carbonyl (C=O) groups is 1. The maximum absolute atomic E-state index is 12.9. The Morgan fingerprint density at radius 3 is 2.81 bits per heavy atom. The van der Waals surface area contributed by atoms with Gasteiger partial charge in [0, 0.05) is 28.4 Å². The number of carbonyl (C=O) groups excluding carboxylic acids is 1. The van der Waals surface area contributed by atoms with Crippen LogP contribution in [0.15, 0.2) is 48.5 Å². The molecule has 0 saturated carbocycles. The number of H-pyrrole nitrogens is 1. The van der Waals surface area contributed by atoms with E-state index >= 15 is 0 Å². The molecule has 4 aromatic rings. The summed E-state index contributed by atoms with van der Waals surface area (Å²) in [7, 11) is 0. The van der Waals surface area contributed by atoms with Crippen LogP contribution in [-0.2, 0) is 0 Å². The highest BCUT2D eigenvalue weighted by molar-refractivity contribution is 6.13. The Kier molecular flexibility index (Phi) is 5.20. The highest BCUT2D eigenvalue weighted by Gasteiger charge is 2.19. The van der Waals surface area contributed by atoms with Crippen molar-refractivity contribution in [1.29, 1.82) is 0 Å². The first-order chi connectivity index (χ1) is 15.2. The molecule has 0 bridgehead atoms. The van der Waals surface area contributed by atoms with Crippen molar-refractivity contribution in [3.05, 3.63) is 54.2 Å². The van der Waals surface area contributed by atoms with Crippen LogP contribution in [0.1, 0.15) is 43.1 Å². The second-order valence-corrected chi connectivity index (χ2v) is 7.83. The van der Waals surface area contributed by atoms with Gasteiger partial charge < -0.3 is 19.8 Å². The molecule has 0 aliphatic carbocycles. The van der Waals surface area contributed by atoms with E-state index in [1.54, 1.807) is 0 Å². The van der Waals surface area contributed by atoms with E-state index < -0.39 is 0 Å². The molecule has 5 rings (SSSR count). The lowest BCUT2D eigenvalue weighted by atomic mass is 10.1. The molecule has 31 heavy (non-hydrogen) atoms. The van der Waals surface area contributed by atoms with Crippen molar-refractivity contribution in [3.63, 3.8) is 0 Å². The second kappa shape index (κ2) is 8.30. The van der Waals surface area contributed by atoms with Gasteiger partial charge in [-0.25, -0.2) is 4.98 Å². The van der Waals surface area contributed by atoms with Gasteiger partial charge >= 0.3 is 0 Å². The van der Waals surface area contributed by atoms with Gasteiger partial charge in [-0.1, -0.05) is 44.4 Å². The quantitative estimate of drug-likeness (QED) is 0.395. The first kappa shape index (κ1) is 19.4. The lowest BCUT2D eigenvalue weighted by Gasteiger charge is -2.09. The number of nitrogens with one attached hydrogen (secondary N) is 2. The number of para-hydroxylation sites is 1. The normalized spacial score (nSPS) is 12.5. The predicted octanol–water partition coefficient (Wildman–Crippen LogP) is 5.42. The topological polar surface area (TPSA) is 76.2 Å². The third-order valence-corrected chi connectivity index (χ3v) is 5.69. The number of hydrogen-bond acceptors (Lipinski definition) is 4. The molecule has 2 aromatic carbocycles. The van der Waals surface area contributed by atoms with E-state index in [0.717, 1.165) is 51.7 Å². The number of rotatable bonds is 7. The first-order valence-corrected chi connectivity index (χ1v) is 10.8. The number of hydrogen-bond donors (Lipinski definition) is 2. The highest BCUT2D eigenvalue weighted by atomic mass is 16.7. The lowest BCUT2D eigenvalue weighted by molar-refractivity contribution is 0.0948. The Morgan fingerprint density at radius 2 is 1.90 bits per heavy atom. The molecule has 0 spiro atoms. The molecule has 0 saturated heterocycles. The van der Waals surface area contributed by atoms with Crippen LogP contribution < -0.4 is 14.8 Å². The summed E-state index contributed by atoms with van der Waals surface area (Å²) in [5, 5.41) is 5.08. The van der Waals surface area contributed by atoms with Gasteiger partial charge in [0.05, 0.1) is 11.2 Å². The fourth-order valence-corrected chi connectivity index (χ4v) is 4.06. The second-order valence-electron chi connectivity index (χ2n) is 7.83. The van der Waals surface area contributed by atoms with Crippen LogP contribution in [-0.4, -0.2) is 29.2 Å². The molecule has 1 amide bonds. The van der Waals surface area contributed by atoms with Crippen LogP contribution in [0, 0.1) is 0 Å². The first-order valence-electron chi connectivity index (χ1n) is 10.8. The number of aromatic nitrogens is 2. The molecule has 3 heterocycles. The summed E-state index contributed by atoms with van der Waals surface area (Å²) in [5.41, 5.74) is 3.93. The summed E-state index contributed by atoms with van der Waals surface area (Å²) < 4.78 is 11.0. The summed E-state index contributed by atoms with van der Waals surface area (Å²) in [6.07, 6.45) is 4.45. The van der Waals surface area contributed by atoms with Gasteiger partial charge in [-0.3, -0.25) is 4.79 Å². The summed E-state index contributed by atoms with van der Waals surface area (Å²) in [4.78, 5) is 21.2. The summed E-state index contributed by atoms with van der Waals surface area (Å²) in [6.45, 7) is 3.05. The largest absolute Gasteiger partial charge is 0.454 e. The van der Waals surface area contributed by atoms with Crippen molar-refractivity contribution in [2.24, 2.45) is 0 Å². The fraction of sp³-hybridized carbons (Fsp3) is 0.280. The Bertz CT molecular complexity index is 1260. The van der Waals surface area contributed by atoms with Crippen molar-refractivity contribution in [3.8, 4) is 22.8 Å². The van der Waals surface area contributed by atoms with Crippen molar-refractivity contribution in [2.75, 3.05) is 13.3 Å². The van der Waals surface area contributed by atoms with E-state index in [0.29, 0.717) is 18.0 Å². The number of pyridine rings is 1. The van der Waals surface area contributed by atoms with Crippen LogP contribution in [0.5, 0.6) is 11.5 Å². The van der Waals surface area contributed by atoms with Crippen LogP contribution in [0.4, 0.5) is 0 Å². The average Bonchev–Trinajstić information content (AvgIpc) is 3.42. The molecule has 6 nitrogen and oxygen atoms in total. The zero-order chi connectivity index (χ0) is 21.2. The van der Waals surface area contributed by atoms with Crippen molar-refractivity contribution in [2.45, 2.75) is 32.6 Å². The van der Waals surface area contributed by atoms with Crippen molar-refractivity contribution < 1.29 is 14.3 Å². The number of ether oxygens (including phenoxy) is 2. The van der Waals surface area contributed by atoms with Gasteiger partial charge in [0.25, 0.3) is 5.91 Å². The summed E-state index contributed by atoms with van der Waals surface area (Å²) in [6, 6.07) is 15.7. The number of aromatic amines is 1. The van der Waals surface area contributed by atoms with Crippen LogP contribution in [0.25, 0.3) is 33.1 Å². The summed E-state index contributed by atoms with van der Waals surface area (Å²) >= 11 is 0. The SMILES string of the molecule is CCCCCCNC(=O)c1cc2c([nH]c3ccccc32)c(-c2ccc3c(c2)OCO3)n1. The molecule has 0 unspecified atom stereocenters. The zero-order valence-electron chi connectivity index (χ0n) is 17.5. The Labute approximate surface area is 180 Å². The molecule has 0 fully saturated rings. The minimum atomic E-state index is -0.148. The molecular weight excluding hydrogens is 390 g/mol. The van der Waals surface area contributed by atoms with Gasteiger partial charge in [0.2, 0.25) is 6.79 Å². The van der Waals surface area contributed by atoms with Crippen LogP contribution in [0.2, 0.25) is 0 Å². The maximum Gasteiger partial charge on any atom is 0.269 e. The lowest BCUT2D eigenvalue weighted by Crippen LogP contribution is -2.25. The Hall–Kier alpha value is -3.54. The number of fused-ring (bicyclic) bond motifs is 4. The monoisotopic (exact) mass is 415 g/mol. The predicted molar refractivity (Wildman–Crippen MR) is 122 cm³/mol. The summed E-state index contributed by atoms with van der Waals surface area (Å²) in [5.74, 6) is 1.26. The van der Waals surface area contributed by atoms with Gasteiger partial charge in [-0.05, 0) is 36.8 Å². The number of unbranched alkanes of at least 4 members (excludes halogenated alkanes) is 3. The number of amides is 1. The fourth-order valence-electron chi connectivity index (χ4n) is 4.06. The molecule has 6 heteroatoms. The van der Waals surface area contributed by atoms with Gasteiger partial charge in [0.15, 0.2) is 11.5 Å². The molecule has 2 aromatic heterocycles. The third kappa shape index (κ3) is 3.69. The smallest absolute Gasteiger partial charge is 0.269 e. The van der Waals surface area contributed by atoms with E-state index in [4.69, 9.17) is 14.5 Å². The van der Waals surface area contributed by atoms with E-state index in [1.165, 1.54) is 12.8 Å². The van der Waals surface area contributed by atoms with Gasteiger partial charge in [-0.15, -0.1) is 0 Å². The number of benzene rings is 2. The van der Waals surface area contributed by atoms with Crippen LogP contribution >= 0.6 is 0 Å². The van der Waals surface area contributed by atoms with Crippen LogP contribution in [0.3, 0.4) is 0 Å². The van der Waals surface area contributed by atoms with E-state index in [1.807, 2.05) is 42.5 Å². The molecule has 0 atom stereocenters. The number of nitrogens with zero attached hydrogens (tertiary/aromatic N) is 1. The molecular formula is C25H25N3O3. The Balaban J connectivity index is 1.57. The standard InChI is InChI=1S/C25H25N3O3/c1-2-3-4-7-12-26-25(29)20-14-18-17-8-5-6-9-19(17)27-24(18)23(28-20)16-10-11-21-22(13-16)31-15-30-21/h5-6,8-11,13-14,27H,2-4,7,12,15H2,1H3,(H,26,29). The molecule has 158 valence electrons. The molecule has 1 aliphatic heterocycles. The minimum Gasteiger partial charge on any atom is -0.454 e. The highest BCUT2D eigenvalue weighted by Crippen LogP contribution is 2.38. The van der Waals surface area contributed by atoms with E-state index in [9.17, 15) is 4.79 Å². The minimum absolute atomic E-state index is 0.148. The molecule has 0 radical (unpaired) electrons. The van der Waals surface area contributed by atoms with E-state index in [-0.39, 0.29) is 12.7 Å². The zero-order valence-corrected chi connectivity index (χ0v) is 17.5.